The van der Waals surface area contributed by atoms with Crippen molar-refractivity contribution in [3.63, 3.8) is 0 Å². The third-order valence-corrected chi connectivity index (χ3v) is 1.99. The smallest absolute Gasteiger partial charge is 0.0524 e. The van der Waals surface area contributed by atoms with Crippen LogP contribution in [-0.2, 0) is 0 Å². The van der Waals surface area contributed by atoms with E-state index >= 15 is 0 Å². The maximum atomic E-state index is 9.07. The summed E-state index contributed by atoms with van der Waals surface area (Å²) in [6.45, 7) is 7.81. The normalized spacial score (nSPS) is 13.8. The molecule has 0 spiro atoms. The van der Waals surface area contributed by atoms with Gasteiger partial charge in [-0.25, -0.2) is 0 Å². The molecule has 0 aromatic rings. The van der Waals surface area contributed by atoms with E-state index in [1.807, 2.05) is 6.92 Å². The maximum absolute atomic E-state index is 9.07. The third kappa shape index (κ3) is 6.58. The highest BCUT2D eigenvalue weighted by atomic mass is 16.3. The Balaban J connectivity index is 3.39. The second-order valence-corrected chi connectivity index (χ2v) is 3.21. The van der Waals surface area contributed by atoms with Crippen LogP contribution in [0.3, 0.4) is 0 Å². The summed E-state index contributed by atoms with van der Waals surface area (Å²) in [5, 5.41) is 9.07. The number of nitrogens with zero attached hydrogens (tertiary/aromatic N) is 1. The van der Waals surface area contributed by atoms with Crippen molar-refractivity contribution in [3.05, 3.63) is 0 Å². The molecule has 0 bridgehead atoms. The minimum absolute atomic E-state index is 0.183. The summed E-state index contributed by atoms with van der Waals surface area (Å²) >= 11 is 0. The predicted octanol–water partition coefficient (Wildman–Crippen LogP) is 0.428. The molecule has 0 radical (unpaired) electrons. The van der Waals surface area contributed by atoms with Gasteiger partial charge in [-0.15, -0.1) is 0 Å². The van der Waals surface area contributed by atoms with Gasteiger partial charge in [-0.05, 0) is 39.4 Å². The first kappa shape index (κ1) is 11.9. The van der Waals surface area contributed by atoms with Crippen LogP contribution in [0.4, 0.5) is 0 Å². The van der Waals surface area contributed by atoms with Crippen molar-refractivity contribution in [3.8, 4) is 0 Å². The van der Waals surface area contributed by atoms with Gasteiger partial charge in [0.1, 0.15) is 0 Å². The summed E-state index contributed by atoms with van der Waals surface area (Å²) in [5.41, 5.74) is 5.41. The van der Waals surface area contributed by atoms with Crippen molar-refractivity contribution < 1.29 is 5.11 Å². The molecule has 12 heavy (non-hydrogen) atoms. The lowest BCUT2D eigenvalue weighted by Gasteiger charge is -2.20. The number of aliphatic hydroxyl groups excluding tert-OH is 1. The van der Waals surface area contributed by atoms with Gasteiger partial charge in [0.2, 0.25) is 0 Å². The Labute approximate surface area is 75.6 Å². The summed E-state index contributed by atoms with van der Waals surface area (Å²) in [4.78, 5) is 2.32. The zero-order valence-electron chi connectivity index (χ0n) is 8.29. The zero-order valence-corrected chi connectivity index (χ0v) is 8.29. The van der Waals surface area contributed by atoms with Gasteiger partial charge in [0.25, 0.3) is 0 Å². The molecule has 1 atom stereocenters. The fourth-order valence-electron chi connectivity index (χ4n) is 1.11. The Morgan fingerprint density at radius 1 is 1.42 bits per heavy atom. The SMILES string of the molecule is CCN(CCCN)CCC(C)O. The highest BCUT2D eigenvalue weighted by molar-refractivity contribution is 4.58. The third-order valence-electron chi connectivity index (χ3n) is 1.99. The maximum Gasteiger partial charge on any atom is 0.0524 e. The topological polar surface area (TPSA) is 49.5 Å². The van der Waals surface area contributed by atoms with Crippen LogP contribution >= 0.6 is 0 Å². The molecule has 0 saturated heterocycles. The Morgan fingerprint density at radius 3 is 2.50 bits per heavy atom. The first-order valence-corrected chi connectivity index (χ1v) is 4.81. The Kier molecular flexibility index (Phi) is 7.45. The van der Waals surface area contributed by atoms with Gasteiger partial charge in [-0.1, -0.05) is 6.92 Å². The predicted molar refractivity (Wildman–Crippen MR) is 52.1 cm³/mol. The summed E-state index contributed by atoms with van der Waals surface area (Å²) in [7, 11) is 0. The van der Waals surface area contributed by atoms with E-state index in [0.29, 0.717) is 0 Å². The number of hydrogen-bond donors (Lipinski definition) is 2. The summed E-state index contributed by atoms with van der Waals surface area (Å²) in [5.74, 6) is 0. The largest absolute Gasteiger partial charge is 0.393 e. The molecule has 0 aromatic carbocycles. The molecule has 0 aromatic heterocycles. The summed E-state index contributed by atoms with van der Waals surface area (Å²) < 4.78 is 0. The van der Waals surface area contributed by atoms with E-state index in [4.69, 9.17) is 10.8 Å². The molecule has 3 heteroatoms. The monoisotopic (exact) mass is 174 g/mol. The van der Waals surface area contributed by atoms with Gasteiger partial charge in [-0.2, -0.15) is 0 Å². The minimum atomic E-state index is -0.183. The minimum Gasteiger partial charge on any atom is -0.393 e. The number of hydrogen-bond acceptors (Lipinski definition) is 3. The van der Waals surface area contributed by atoms with Crippen molar-refractivity contribution >= 4 is 0 Å². The van der Waals surface area contributed by atoms with Gasteiger partial charge in [0.05, 0.1) is 6.10 Å². The van der Waals surface area contributed by atoms with Gasteiger partial charge < -0.3 is 15.7 Å². The molecule has 74 valence electrons. The van der Waals surface area contributed by atoms with E-state index in [9.17, 15) is 0 Å². The van der Waals surface area contributed by atoms with E-state index < -0.39 is 0 Å². The van der Waals surface area contributed by atoms with Crippen molar-refractivity contribution in [2.45, 2.75) is 32.8 Å². The van der Waals surface area contributed by atoms with Gasteiger partial charge in [0.15, 0.2) is 0 Å². The molecule has 0 heterocycles. The van der Waals surface area contributed by atoms with Gasteiger partial charge in [0, 0.05) is 6.54 Å². The lowest BCUT2D eigenvalue weighted by atomic mass is 10.2. The Bertz CT molecular complexity index is 96.5. The highest BCUT2D eigenvalue weighted by Crippen LogP contribution is 1.96. The molecule has 0 aliphatic rings. The van der Waals surface area contributed by atoms with Crippen molar-refractivity contribution in [2.24, 2.45) is 5.73 Å². The molecule has 0 rings (SSSR count). The average molecular weight is 174 g/mol. The van der Waals surface area contributed by atoms with Crippen LogP contribution in [0.2, 0.25) is 0 Å². The lowest BCUT2D eigenvalue weighted by Crippen LogP contribution is -2.28. The number of nitrogens with two attached hydrogens (primary N) is 1. The van der Waals surface area contributed by atoms with Crippen LogP contribution in [0, 0.1) is 0 Å². The second-order valence-electron chi connectivity index (χ2n) is 3.21. The summed E-state index contributed by atoms with van der Waals surface area (Å²) in [6.07, 6.45) is 1.73. The zero-order chi connectivity index (χ0) is 9.40. The lowest BCUT2D eigenvalue weighted by molar-refractivity contribution is 0.158. The standard InChI is InChI=1S/C9H22N2O/c1-3-11(7-4-6-10)8-5-9(2)12/h9,12H,3-8,10H2,1-2H3. The number of aliphatic hydroxyl groups is 1. The molecular formula is C9H22N2O. The molecular weight excluding hydrogens is 152 g/mol. The van der Waals surface area contributed by atoms with Crippen LogP contribution in [0.1, 0.15) is 26.7 Å². The van der Waals surface area contributed by atoms with E-state index in [1.165, 1.54) is 0 Å². The first-order valence-electron chi connectivity index (χ1n) is 4.81. The van der Waals surface area contributed by atoms with Crippen LogP contribution in [0.25, 0.3) is 0 Å². The van der Waals surface area contributed by atoms with Crippen molar-refractivity contribution in [2.75, 3.05) is 26.2 Å². The van der Waals surface area contributed by atoms with Crippen LogP contribution < -0.4 is 5.73 Å². The molecule has 3 nitrogen and oxygen atoms in total. The quantitative estimate of drug-likeness (QED) is 0.588. The molecule has 1 unspecified atom stereocenters. The Morgan fingerprint density at radius 2 is 2.08 bits per heavy atom. The fourth-order valence-corrected chi connectivity index (χ4v) is 1.11. The van der Waals surface area contributed by atoms with Crippen molar-refractivity contribution in [1.29, 1.82) is 0 Å². The van der Waals surface area contributed by atoms with E-state index in [1.54, 1.807) is 0 Å². The van der Waals surface area contributed by atoms with Crippen LogP contribution in [-0.4, -0.2) is 42.3 Å². The molecule has 0 aliphatic carbocycles. The van der Waals surface area contributed by atoms with Gasteiger partial charge >= 0.3 is 0 Å². The second kappa shape index (κ2) is 7.53. The number of rotatable bonds is 7. The van der Waals surface area contributed by atoms with E-state index in [-0.39, 0.29) is 6.10 Å². The van der Waals surface area contributed by atoms with Crippen LogP contribution in [0.15, 0.2) is 0 Å². The molecule has 3 N–H and O–H groups in total. The Hall–Kier alpha value is -0.120. The molecule has 0 amide bonds. The molecule has 0 saturated carbocycles. The highest BCUT2D eigenvalue weighted by Gasteiger charge is 2.02. The van der Waals surface area contributed by atoms with Gasteiger partial charge in [-0.3, -0.25) is 0 Å². The molecule has 0 aliphatic heterocycles. The molecule has 0 fully saturated rings. The van der Waals surface area contributed by atoms with E-state index in [0.717, 1.165) is 39.0 Å². The fraction of sp³-hybridized carbons (Fsp3) is 1.00. The summed E-state index contributed by atoms with van der Waals surface area (Å²) in [6, 6.07) is 0. The first-order chi connectivity index (χ1) is 5.70. The average Bonchev–Trinajstić information content (AvgIpc) is 2.05. The van der Waals surface area contributed by atoms with Crippen molar-refractivity contribution in [1.82, 2.24) is 4.90 Å². The van der Waals surface area contributed by atoms with E-state index in [2.05, 4.69) is 11.8 Å². The van der Waals surface area contributed by atoms with Crippen LogP contribution in [0.5, 0.6) is 0 Å².